The first-order valence-corrected chi connectivity index (χ1v) is 6.20. The molecule has 0 fully saturated rings. The lowest BCUT2D eigenvalue weighted by Gasteiger charge is -2.14. The van der Waals surface area contributed by atoms with E-state index < -0.39 is 9.73 Å². The lowest BCUT2D eigenvalue weighted by atomic mass is 10.5. The molecule has 4 nitrogen and oxygen atoms in total. The molecular formula is C7H16N2O2S. The number of carbonyl (C=O) groups excluding carboxylic acids is 1. The molecule has 0 saturated carbocycles. The molecule has 0 spiro atoms. The third kappa shape index (κ3) is 4.33. The van der Waals surface area contributed by atoms with Crippen molar-refractivity contribution >= 4 is 15.8 Å². The third-order valence-electron chi connectivity index (χ3n) is 1.33. The van der Waals surface area contributed by atoms with Crippen LogP contribution in [0.2, 0.25) is 0 Å². The molecule has 0 aromatic heterocycles. The van der Waals surface area contributed by atoms with Crippen LogP contribution in [0.3, 0.4) is 0 Å². The molecule has 0 aliphatic heterocycles. The van der Waals surface area contributed by atoms with E-state index in [0.29, 0.717) is 13.1 Å². The van der Waals surface area contributed by atoms with Gasteiger partial charge in [0, 0.05) is 25.6 Å². The van der Waals surface area contributed by atoms with Crippen LogP contribution in [0.4, 0.5) is 4.79 Å². The summed E-state index contributed by atoms with van der Waals surface area (Å²) in [4.78, 5) is 12.7. The van der Waals surface area contributed by atoms with E-state index in [4.69, 9.17) is 0 Å². The fraction of sp³-hybridized carbons (Fsp3) is 0.857. The zero-order valence-electron chi connectivity index (χ0n) is 8.03. The summed E-state index contributed by atoms with van der Waals surface area (Å²) in [5.74, 6) is 0. The van der Waals surface area contributed by atoms with Crippen molar-refractivity contribution < 1.29 is 9.00 Å². The molecule has 0 atom stereocenters. The number of rotatable bonds is 2. The van der Waals surface area contributed by atoms with Crippen molar-refractivity contribution in [2.45, 2.75) is 13.8 Å². The highest BCUT2D eigenvalue weighted by Crippen LogP contribution is 1.95. The summed E-state index contributed by atoms with van der Waals surface area (Å²) in [6.07, 6.45) is 2.91. The first-order chi connectivity index (χ1) is 5.40. The zero-order valence-corrected chi connectivity index (χ0v) is 8.85. The van der Waals surface area contributed by atoms with Gasteiger partial charge in [-0.15, -0.1) is 4.36 Å². The Morgan fingerprint density at radius 2 is 1.75 bits per heavy atom. The molecule has 5 heteroatoms. The van der Waals surface area contributed by atoms with Crippen molar-refractivity contribution in [1.82, 2.24) is 4.90 Å². The van der Waals surface area contributed by atoms with Crippen molar-refractivity contribution in [2.24, 2.45) is 4.36 Å². The zero-order chi connectivity index (χ0) is 9.78. The highest BCUT2D eigenvalue weighted by atomic mass is 32.2. The second-order valence-corrected chi connectivity index (χ2v) is 5.27. The van der Waals surface area contributed by atoms with Gasteiger partial charge >= 0.3 is 6.03 Å². The van der Waals surface area contributed by atoms with Gasteiger partial charge in [0.05, 0.1) is 9.73 Å². The van der Waals surface area contributed by atoms with Crippen molar-refractivity contribution in [3.63, 3.8) is 0 Å². The van der Waals surface area contributed by atoms with Gasteiger partial charge in [0.2, 0.25) is 0 Å². The summed E-state index contributed by atoms with van der Waals surface area (Å²) >= 11 is 0. The Morgan fingerprint density at radius 3 is 2.00 bits per heavy atom. The molecule has 0 aliphatic carbocycles. The SMILES string of the molecule is CCN(CC)C(=O)N=S(C)(C)=O. The highest BCUT2D eigenvalue weighted by Gasteiger charge is 2.08. The van der Waals surface area contributed by atoms with Gasteiger partial charge in [0.1, 0.15) is 0 Å². The summed E-state index contributed by atoms with van der Waals surface area (Å²) in [5.41, 5.74) is 0. The predicted molar refractivity (Wildman–Crippen MR) is 50.7 cm³/mol. The van der Waals surface area contributed by atoms with Crippen LogP contribution in [0.1, 0.15) is 13.8 Å². The molecule has 0 N–H and O–H groups in total. The molecule has 0 radical (unpaired) electrons. The van der Waals surface area contributed by atoms with Crippen LogP contribution in [-0.2, 0) is 9.73 Å². The Hall–Kier alpha value is -0.580. The fourth-order valence-corrected chi connectivity index (χ4v) is 1.23. The average Bonchev–Trinajstić information content (AvgIpc) is 1.85. The van der Waals surface area contributed by atoms with Gasteiger partial charge < -0.3 is 4.90 Å². The molecule has 0 aromatic rings. The van der Waals surface area contributed by atoms with E-state index >= 15 is 0 Å². The number of hydrogen-bond donors (Lipinski definition) is 0. The topological polar surface area (TPSA) is 49.7 Å². The van der Waals surface area contributed by atoms with E-state index in [2.05, 4.69) is 4.36 Å². The second kappa shape index (κ2) is 4.45. The number of hydrogen-bond acceptors (Lipinski definition) is 2. The minimum Gasteiger partial charge on any atom is -0.323 e. The summed E-state index contributed by atoms with van der Waals surface area (Å²) in [7, 11) is -2.30. The molecule has 0 aliphatic rings. The largest absolute Gasteiger partial charge is 0.351 e. The van der Waals surface area contributed by atoms with Gasteiger partial charge in [0.25, 0.3) is 0 Å². The molecular weight excluding hydrogens is 176 g/mol. The van der Waals surface area contributed by atoms with E-state index in [0.717, 1.165) is 0 Å². The molecule has 12 heavy (non-hydrogen) atoms. The van der Waals surface area contributed by atoms with Gasteiger partial charge in [-0.2, -0.15) is 0 Å². The standard InChI is InChI=1S/C7H16N2O2S/c1-5-9(6-2)7(10)8-12(3,4)11/h5-6H2,1-4H3. The molecule has 0 heterocycles. The van der Waals surface area contributed by atoms with E-state index in [9.17, 15) is 9.00 Å². The highest BCUT2D eigenvalue weighted by molar-refractivity contribution is 7.92. The van der Waals surface area contributed by atoms with Crippen molar-refractivity contribution in [3.05, 3.63) is 0 Å². The van der Waals surface area contributed by atoms with Gasteiger partial charge in [-0.3, -0.25) is 0 Å². The maximum Gasteiger partial charge on any atom is 0.351 e. The summed E-state index contributed by atoms with van der Waals surface area (Å²) in [6.45, 7) is 4.94. The smallest absolute Gasteiger partial charge is 0.323 e. The van der Waals surface area contributed by atoms with Crippen LogP contribution in [0.25, 0.3) is 0 Å². The number of urea groups is 1. The molecule has 0 bridgehead atoms. The van der Waals surface area contributed by atoms with Gasteiger partial charge in [-0.05, 0) is 13.8 Å². The van der Waals surface area contributed by atoms with Gasteiger partial charge in [-0.1, -0.05) is 0 Å². The van der Waals surface area contributed by atoms with Crippen LogP contribution in [0, 0.1) is 0 Å². The molecule has 0 rings (SSSR count). The van der Waals surface area contributed by atoms with Crippen LogP contribution in [0.5, 0.6) is 0 Å². The summed E-state index contributed by atoms with van der Waals surface area (Å²) in [6, 6.07) is -0.380. The van der Waals surface area contributed by atoms with Crippen molar-refractivity contribution in [3.8, 4) is 0 Å². The Kier molecular flexibility index (Phi) is 4.23. The first kappa shape index (κ1) is 11.4. The molecule has 0 unspecified atom stereocenters. The average molecular weight is 192 g/mol. The van der Waals surface area contributed by atoms with Gasteiger partial charge in [-0.25, -0.2) is 9.00 Å². The maximum absolute atomic E-state index is 11.2. The summed E-state index contributed by atoms with van der Waals surface area (Å²) < 4.78 is 14.7. The minimum atomic E-state index is -2.30. The Balaban J connectivity index is 4.52. The summed E-state index contributed by atoms with van der Waals surface area (Å²) in [5, 5.41) is 0. The van der Waals surface area contributed by atoms with E-state index in [-0.39, 0.29) is 6.03 Å². The van der Waals surface area contributed by atoms with Crippen LogP contribution in [0.15, 0.2) is 4.36 Å². The monoisotopic (exact) mass is 192 g/mol. The fourth-order valence-electron chi connectivity index (χ4n) is 0.740. The first-order valence-electron chi connectivity index (χ1n) is 3.86. The van der Waals surface area contributed by atoms with Crippen molar-refractivity contribution in [1.29, 1.82) is 0 Å². The molecule has 0 aromatic carbocycles. The second-order valence-electron chi connectivity index (χ2n) is 2.73. The normalized spacial score (nSPS) is 11.0. The van der Waals surface area contributed by atoms with Crippen LogP contribution in [-0.4, -0.2) is 40.7 Å². The predicted octanol–water partition coefficient (Wildman–Crippen LogP) is 1.18. The quantitative estimate of drug-likeness (QED) is 0.659. The number of carbonyl (C=O) groups is 1. The van der Waals surface area contributed by atoms with Crippen molar-refractivity contribution in [2.75, 3.05) is 25.6 Å². The Bertz CT molecular complexity index is 255. The third-order valence-corrected chi connectivity index (χ3v) is 1.93. The van der Waals surface area contributed by atoms with Gasteiger partial charge in [0.15, 0.2) is 0 Å². The minimum absolute atomic E-state index is 0.380. The Labute approximate surface area is 74.1 Å². The lowest BCUT2D eigenvalue weighted by Crippen LogP contribution is -2.28. The number of nitrogens with zero attached hydrogens (tertiary/aromatic N) is 2. The number of amides is 2. The molecule has 0 saturated heterocycles. The molecule has 2 amide bonds. The van der Waals surface area contributed by atoms with Crippen LogP contribution >= 0.6 is 0 Å². The Morgan fingerprint density at radius 1 is 1.33 bits per heavy atom. The van der Waals surface area contributed by atoms with E-state index in [1.165, 1.54) is 17.4 Å². The van der Waals surface area contributed by atoms with E-state index in [1.54, 1.807) is 0 Å². The maximum atomic E-state index is 11.2. The molecule has 72 valence electrons. The van der Waals surface area contributed by atoms with E-state index in [1.807, 2.05) is 13.8 Å². The lowest BCUT2D eigenvalue weighted by molar-refractivity contribution is 0.214. The van der Waals surface area contributed by atoms with Crippen LogP contribution < -0.4 is 0 Å².